The average molecular weight is 395 g/mol. The van der Waals surface area contributed by atoms with Crippen LogP contribution < -0.4 is 5.32 Å². The number of aromatic nitrogens is 2. The SMILES string of the molecule is O=C(CCc1nc2ccccc2n1-c1ccccc1)Nc1cc(F)c(F)cc1F. The predicted molar refractivity (Wildman–Crippen MR) is 104 cm³/mol. The molecule has 0 bridgehead atoms. The fourth-order valence-corrected chi connectivity index (χ4v) is 3.17. The van der Waals surface area contributed by atoms with E-state index in [1.807, 2.05) is 59.2 Å². The van der Waals surface area contributed by atoms with Crippen molar-refractivity contribution in [2.24, 2.45) is 0 Å². The van der Waals surface area contributed by atoms with Crippen LogP contribution in [0.4, 0.5) is 18.9 Å². The predicted octanol–water partition coefficient (Wildman–Crippen LogP) is 5.01. The lowest BCUT2D eigenvalue weighted by molar-refractivity contribution is -0.116. The largest absolute Gasteiger partial charge is 0.323 e. The van der Waals surface area contributed by atoms with E-state index >= 15 is 0 Å². The highest BCUT2D eigenvalue weighted by molar-refractivity contribution is 5.91. The van der Waals surface area contributed by atoms with Crippen LogP contribution in [0.3, 0.4) is 0 Å². The summed E-state index contributed by atoms with van der Waals surface area (Å²) in [6.45, 7) is 0. The van der Waals surface area contributed by atoms with Crippen LogP contribution in [0.2, 0.25) is 0 Å². The van der Waals surface area contributed by atoms with Crippen molar-refractivity contribution in [1.82, 2.24) is 9.55 Å². The zero-order chi connectivity index (χ0) is 20.4. The quantitative estimate of drug-likeness (QED) is 0.483. The maximum Gasteiger partial charge on any atom is 0.224 e. The molecule has 0 saturated carbocycles. The van der Waals surface area contributed by atoms with Crippen molar-refractivity contribution < 1.29 is 18.0 Å². The molecule has 0 atom stereocenters. The van der Waals surface area contributed by atoms with Gasteiger partial charge in [0.1, 0.15) is 11.6 Å². The summed E-state index contributed by atoms with van der Waals surface area (Å²) in [7, 11) is 0. The molecule has 0 aliphatic carbocycles. The Morgan fingerprint density at radius 3 is 2.38 bits per heavy atom. The summed E-state index contributed by atoms with van der Waals surface area (Å²) in [5.74, 6) is -3.43. The Bertz CT molecular complexity index is 1190. The molecule has 0 spiro atoms. The molecule has 7 heteroatoms. The first-order valence-electron chi connectivity index (χ1n) is 8.99. The first-order chi connectivity index (χ1) is 14.0. The maximum atomic E-state index is 13.7. The molecule has 1 amide bonds. The molecule has 4 aromatic rings. The number of benzene rings is 3. The Morgan fingerprint density at radius 1 is 0.897 bits per heavy atom. The number of para-hydroxylation sites is 3. The highest BCUT2D eigenvalue weighted by Gasteiger charge is 2.16. The van der Waals surface area contributed by atoms with Crippen molar-refractivity contribution in [2.75, 3.05) is 5.32 Å². The number of hydrogen-bond donors (Lipinski definition) is 1. The second kappa shape index (κ2) is 7.79. The molecule has 0 aliphatic rings. The molecule has 1 N–H and O–H groups in total. The van der Waals surface area contributed by atoms with E-state index in [1.54, 1.807) is 0 Å². The number of anilines is 1. The summed E-state index contributed by atoms with van der Waals surface area (Å²) >= 11 is 0. The smallest absolute Gasteiger partial charge is 0.224 e. The van der Waals surface area contributed by atoms with E-state index in [0.29, 0.717) is 18.0 Å². The molecule has 0 aliphatic heterocycles. The van der Waals surface area contributed by atoms with Gasteiger partial charge >= 0.3 is 0 Å². The highest BCUT2D eigenvalue weighted by Crippen LogP contribution is 2.23. The fourth-order valence-electron chi connectivity index (χ4n) is 3.17. The summed E-state index contributed by atoms with van der Waals surface area (Å²) in [4.78, 5) is 16.9. The fraction of sp³-hybridized carbons (Fsp3) is 0.0909. The van der Waals surface area contributed by atoms with Crippen molar-refractivity contribution in [3.63, 3.8) is 0 Å². The molecule has 4 rings (SSSR count). The Labute approximate surface area is 164 Å². The van der Waals surface area contributed by atoms with Gasteiger partial charge in [-0.25, -0.2) is 18.2 Å². The molecular weight excluding hydrogens is 379 g/mol. The molecule has 1 aromatic heterocycles. The number of aryl methyl sites for hydroxylation is 1. The van der Waals surface area contributed by atoms with Crippen LogP contribution in [0.15, 0.2) is 66.7 Å². The number of rotatable bonds is 5. The van der Waals surface area contributed by atoms with Crippen molar-refractivity contribution in [2.45, 2.75) is 12.8 Å². The van der Waals surface area contributed by atoms with Crippen LogP contribution >= 0.6 is 0 Å². The number of nitrogens with zero attached hydrogens (tertiary/aromatic N) is 2. The van der Waals surface area contributed by atoms with E-state index in [0.717, 1.165) is 16.7 Å². The van der Waals surface area contributed by atoms with Crippen LogP contribution in [-0.4, -0.2) is 15.5 Å². The number of fused-ring (bicyclic) bond motifs is 1. The van der Waals surface area contributed by atoms with Crippen LogP contribution in [0.5, 0.6) is 0 Å². The van der Waals surface area contributed by atoms with Crippen molar-refractivity contribution in [3.8, 4) is 5.69 Å². The van der Waals surface area contributed by atoms with Crippen LogP contribution in [-0.2, 0) is 11.2 Å². The minimum Gasteiger partial charge on any atom is -0.323 e. The Balaban J connectivity index is 1.57. The molecule has 1 heterocycles. The monoisotopic (exact) mass is 395 g/mol. The lowest BCUT2D eigenvalue weighted by Gasteiger charge is -2.10. The zero-order valence-electron chi connectivity index (χ0n) is 15.2. The van der Waals surface area contributed by atoms with Gasteiger partial charge in [-0.05, 0) is 24.3 Å². The van der Waals surface area contributed by atoms with Gasteiger partial charge in [0.25, 0.3) is 0 Å². The first-order valence-corrected chi connectivity index (χ1v) is 8.99. The van der Waals surface area contributed by atoms with Gasteiger partial charge in [0.05, 0.1) is 16.7 Å². The van der Waals surface area contributed by atoms with Crippen molar-refractivity contribution >= 4 is 22.6 Å². The number of hydrogen-bond acceptors (Lipinski definition) is 2. The van der Waals surface area contributed by atoms with E-state index in [4.69, 9.17) is 0 Å². The number of carbonyl (C=O) groups excluding carboxylic acids is 1. The van der Waals surface area contributed by atoms with Crippen LogP contribution in [0, 0.1) is 17.5 Å². The Kier molecular flexibility index (Phi) is 5.03. The number of imidazole rings is 1. The second-order valence-electron chi connectivity index (χ2n) is 6.48. The molecule has 0 fully saturated rings. The Hall–Kier alpha value is -3.61. The molecule has 0 radical (unpaired) electrons. The van der Waals surface area contributed by atoms with Gasteiger partial charge in [0.15, 0.2) is 11.6 Å². The van der Waals surface area contributed by atoms with Gasteiger partial charge in [0, 0.05) is 30.7 Å². The number of carbonyl (C=O) groups is 1. The molecule has 146 valence electrons. The van der Waals surface area contributed by atoms with Gasteiger partial charge < -0.3 is 5.32 Å². The van der Waals surface area contributed by atoms with Crippen LogP contribution in [0.1, 0.15) is 12.2 Å². The van der Waals surface area contributed by atoms with Gasteiger partial charge in [-0.2, -0.15) is 0 Å². The minimum absolute atomic E-state index is 0.00537. The topological polar surface area (TPSA) is 46.9 Å². The van der Waals surface area contributed by atoms with E-state index in [2.05, 4.69) is 10.3 Å². The third kappa shape index (κ3) is 3.85. The highest BCUT2D eigenvalue weighted by atomic mass is 19.2. The van der Waals surface area contributed by atoms with Gasteiger partial charge in [-0.15, -0.1) is 0 Å². The molecule has 29 heavy (non-hydrogen) atoms. The number of nitrogens with one attached hydrogen (secondary N) is 1. The van der Waals surface area contributed by atoms with Gasteiger partial charge in [0.2, 0.25) is 5.91 Å². The third-order valence-electron chi connectivity index (χ3n) is 4.50. The molecule has 0 saturated heterocycles. The van der Waals surface area contributed by atoms with Gasteiger partial charge in [-0.3, -0.25) is 9.36 Å². The summed E-state index contributed by atoms with van der Waals surface area (Å²) in [6, 6.07) is 18.2. The minimum atomic E-state index is -1.31. The van der Waals surface area contributed by atoms with E-state index < -0.39 is 29.0 Å². The van der Waals surface area contributed by atoms with E-state index in [9.17, 15) is 18.0 Å². The summed E-state index contributed by atoms with van der Waals surface area (Å²) in [6.07, 6.45) is 0.273. The molecule has 3 aromatic carbocycles. The van der Waals surface area contributed by atoms with Gasteiger partial charge in [-0.1, -0.05) is 30.3 Å². The molecule has 0 unspecified atom stereocenters. The van der Waals surface area contributed by atoms with Crippen molar-refractivity contribution in [3.05, 3.63) is 90.0 Å². The number of amides is 1. The Morgan fingerprint density at radius 2 is 1.59 bits per heavy atom. The summed E-state index contributed by atoms with van der Waals surface area (Å²) in [5, 5.41) is 2.28. The normalized spacial score (nSPS) is 11.0. The molecule has 4 nitrogen and oxygen atoms in total. The van der Waals surface area contributed by atoms with E-state index in [1.165, 1.54) is 0 Å². The lowest BCUT2D eigenvalue weighted by atomic mass is 10.2. The van der Waals surface area contributed by atoms with Crippen LogP contribution in [0.25, 0.3) is 16.7 Å². The average Bonchev–Trinajstić information content (AvgIpc) is 3.09. The molecular formula is C22H16F3N3O. The van der Waals surface area contributed by atoms with Crippen molar-refractivity contribution in [1.29, 1.82) is 0 Å². The number of halogens is 3. The lowest BCUT2D eigenvalue weighted by Crippen LogP contribution is -2.15. The third-order valence-corrected chi connectivity index (χ3v) is 4.50. The first kappa shape index (κ1) is 18.7. The summed E-state index contributed by atoms with van der Waals surface area (Å²) < 4.78 is 42.0. The van der Waals surface area contributed by atoms with E-state index in [-0.39, 0.29) is 12.8 Å². The second-order valence-corrected chi connectivity index (χ2v) is 6.48. The maximum absolute atomic E-state index is 13.7. The summed E-state index contributed by atoms with van der Waals surface area (Å²) in [5.41, 5.74) is 2.20. The standard InChI is InChI=1S/C22H16F3N3O/c23-15-12-17(25)19(13-16(15)24)27-22(29)11-10-21-26-18-8-4-5-9-20(18)28(21)14-6-2-1-3-7-14/h1-9,12-13H,10-11H2,(H,27,29). The zero-order valence-corrected chi connectivity index (χ0v) is 15.2.